The number of nitrogens with zero attached hydrogens (tertiary/aromatic N) is 3. The van der Waals surface area contributed by atoms with Gasteiger partial charge in [0.25, 0.3) is 23.2 Å². The number of carbonyl (C=O) groups excluding carboxylic acids is 3. The molecule has 0 spiro atoms. The third kappa shape index (κ3) is 3.21. The van der Waals surface area contributed by atoms with Gasteiger partial charge in [-0.15, -0.1) is 0 Å². The van der Waals surface area contributed by atoms with Crippen molar-refractivity contribution in [2.75, 3.05) is 11.5 Å². The second kappa shape index (κ2) is 7.54. The quantitative estimate of drug-likeness (QED) is 0.255. The number of hydrogen-bond donors (Lipinski definition) is 0. The Hall–Kier alpha value is -4.67. The summed E-state index contributed by atoms with van der Waals surface area (Å²) in [5.74, 6) is -2.38. The van der Waals surface area contributed by atoms with Crippen molar-refractivity contribution in [3.05, 3.63) is 85.4 Å². The monoisotopic (exact) mass is 435 g/mol. The number of hydrogen-bond acceptors (Lipinski definition) is 8. The van der Waals surface area contributed by atoms with Gasteiger partial charge in [0.1, 0.15) is 0 Å². The molecule has 1 aliphatic rings. The van der Waals surface area contributed by atoms with Crippen LogP contribution >= 0.6 is 0 Å². The molecule has 160 valence electrons. The maximum atomic E-state index is 13.2. The maximum absolute atomic E-state index is 13.2. The van der Waals surface area contributed by atoms with Crippen LogP contribution in [0.25, 0.3) is 10.8 Å². The molecule has 0 atom stereocenters. The van der Waals surface area contributed by atoms with Gasteiger partial charge >= 0.3 is 5.97 Å². The summed E-state index contributed by atoms with van der Waals surface area (Å²) in [7, 11) is 0. The molecular formula is C21H13N3O8. The van der Waals surface area contributed by atoms with E-state index in [1.165, 1.54) is 24.3 Å². The first-order chi connectivity index (χ1) is 15.2. The van der Waals surface area contributed by atoms with E-state index in [9.17, 15) is 34.6 Å². The summed E-state index contributed by atoms with van der Waals surface area (Å²) in [6.07, 6.45) is 0. The molecule has 1 aliphatic heterocycles. The highest BCUT2D eigenvalue weighted by atomic mass is 16.6. The topological polar surface area (TPSA) is 150 Å². The molecule has 0 saturated heterocycles. The summed E-state index contributed by atoms with van der Waals surface area (Å²) in [5, 5.41) is 22.9. The smallest absolute Gasteiger partial charge is 0.338 e. The van der Waals surface area contributed by atoms with Crippen molar-refractivity contribution >= 4 is 45.6 Å². The van der Waals surface area contributed by atoms with E-state index in [-0.39, 0.29) is 39.8 Å². The van der Waals surface area contributed by atoms with Gasteiger partial charge in [-0.2, -0.15) is 0 Å². The van der Waals surface area contributed by atoms with Gasteiger partial charge in [0.2, 0.25) is 0 Å². The third-order valence-electron chi connectivity index (χ3n) is 4.92. The molecule has 11 heteroatoms. The summed E-state index contributed by atoms with van der Waals surface area (Å²) < 4.78 is 4.93. The van der Waals surface area contributed by atoms with Gasteiger partial charge in [0, 0.05) is 29.7 Å². The molecule has 2 amide bonds. The average Bonchev–Trinajstić information content (AvgIpc) is 2.77. The second-order valence-corrected chi connectivity index (χ2v) is 6.82. The van der Waals surface area contributed by atoms with E-state index in [0.717, 1.165) is 29.2 Å². The number of rotatable bonds is 5. The summed E-state index contributed by atoms with van der Waals surface area (Å²) in [6, 6.07) is 9.74. The number of amides is 2. The van der Waals surface area contributed by atoms with Crippen LogP contribution in [-0.4, -0.2) is 34.2 Å². The Morgan fingerprint density at radius 1 is 0.938 bits per heavy atom. The average molecular weight is 435 g/mol. The van der Waals surface area contributed by atoms with E-state index in [2.05, 4.69) is 0 Å². The Morgan fingerprint density at radius 2 is 1.50 bits per heavy atom. The van der Waals surface area contributed by atoms with Crippen LogP contribution in [0.5, 0.6) is 0 Å². The lowest BCUT2D eigenvalue weighted by Crippen LogP contribution is -2.40. The predicted molar refractivity (Wildman–Crippen MR) is 111 cm³/mol. The van der Waals surface area contributed by atoms with Gasteiger partial charge in [-0.1, -0.05) is 6.07 Å². The maximum Gasteiger partial charge on any atom is 0.338 e. The van der Waals surface area contributed by atoms with Gasteiger partial charge in [0.05, 0.1) is 38.8 Å². The summed E-state index contributed by atoms with van der Waals surface area (Å²) in [4.78, 5) is 60.6. The fraction of sp³-hybridized carbons (Fsp3) is 0.0952. The molecule has 11 nitrogen and oxygen atoms in total. The zero-order valence-corrected chi connectivity index (χ0v) is 16.4. The molecular weight excluding hydrogens is 422 g/mol. The highest BCUT2D eigenvalue weighted by molar-refractivity contribution is 6.36. The van der Waals surface area contributed by atoms with Crippen molar-refractivity contribution in [2.24, 2.45) is 0 Å². The van der Waals surface area contributed by atoms with Gasteiger partial charge in [-0.3, -0.25) is 29.8 Å². The molecule has 1 heterocycles. The molecule has 0 saturated carbocycles. The molecule has 0 aromatic heterocycles. The van der Waals surface area contributed by atoms with E-state index in [0.29, 0.717) is 0 Å². The van der Waals surface area contributed by atoms with Crippen LogP contribution in [0.15, 0.2) is 48.5 Å². The molecule has 0 N–H and O–H groups in total. The van der Waals surface area contributed by atoms with Crippen molar-refractivity contribution in [2.45, 2.75) is 6.92 Å². The summed E-state index contributed by atoms with van der Waals surface area (Å²) in [6.45, 7) is 1.74. The van der Waals surface area contributed by atoms with Crippen LogP contribution in [0, 0.1) is 20.2 Å². The number of carbonyl (C=O) groups is 3. The minimum Gasteiger partial charge on any atom is -0.462 e. The Labute approximate surface area is 179 Å². The van der Waals surface area contributed by atoms with E-state index in [1.54, 1.807) is 6.92 Å². The number of nitro groups is 2. The Kier molecular flexibility index (Phi) is 4.85. The second-order valence-electron chi connectivity index (χ2n) is 6.82. The fourth-order valence-electron chi connectivity index (χ4n) is 3.59. The Morgan fingerprint density at radius 3 is 2.00 bits per heavy atom. The molecule has 32 heavy (non-hydrogen) atoms. The van der Waals surface area contributed by atoms with Crippen LogP contribution in [0.2, 0.25) is 0 Å². The normalized spacial score (nSPS) is 12.7. The first-order valence-electron chi connectivity index (χ1n) is 9.29. The number of non-ortho nitro benzene ring substituents is 2. The van der Waals surface area contributed by atoms with E-state index >= 15 is 0 Å². The van der Waals surface area contributed by atoms with E-state index < -0.39 is 39.0 Å². The lowest BCUT2D eigenvalue weighted by molar-refractivity contribution is -0.385. The fourth-order valence-corrected chi connectivity index (χ4v) is 3.59. The van der Waals surface area contributed by atoms with Gasteiger partial charge in [-0.25, -0.2) is 9.69 Å². The first kappa shape index (κ1) is 20.6. The Bertz CT molecular complexity index is 1300. The highest BCUT2D eigenvalue weighted by Crippen LogP contribution is 2.38. The van der Waals surface area contributed by atoms with Crippen LogP contribution in [0.1, 0.15) is 38.0 Å². The van der Waals surface area contributed by atoms with Crippen LogP contribution in [0.4, 0.5) is 17.1 Å². The zero-order chi connectivity index (χ0) is 23.2. The van der Waals surface area contributed by atoms with Crippen molar-refractivity contribution in [1.82, 2.24) is 0 Å². The highest BCUT2D eigenvalue weighted by Gasteiger charge is 2.37. The number of imide groups is 1. The largest absolute Gasteiger partial charge is 0.462 e. The van der Waals surface area contributed by atoms with Gasteiger partial charge < -0.3 is 4.74 Å². The van der Waals surface area contributed by atoms with Crippen molar-refractivity contribution in [3.8, 4) is 0 Å². The predicted octanol–water partition coefficient (Wildman–Crippen LogP) is 3.63. The third-order valence-corrected chi connectivity index (χ3v) is 4.92. The summed E-state index contributed by atoms with van der Waals surface area (Å²) in [5.41, 5.74) is -1.12. The number of ether oxygens (including phenoxy) is 1. The van der Waals surface area contributed by atoms with Crippen molar-refractivity contribution in [1.29, 1.82) is 0 Å². The van der Waals surface area contributed by atoms with Crippen LogP contribution in [0.3, 0.4) is 0 Å². The molecule has 3 aromatic carbocycles. The molecule has 0 unspecified atom stereocenters. The lowest BCUT2D eigenvalue weighted by Gasteiger charge is -2.27. The van der Waals surface area contributed by atoms with Crippen molar-refractivity contribution in [3.63, 3.8) is 0 Å². The molecule has 0 radical (unpaired) electrons. The molecule has 3 aromatic rings. The number of anilines is 1. The van der Waals surface area contributed by atoms with Gasteiger partial charge in [-0.05, 0) is 30.5 Å². The summed E-state index contributed by atoms with van der Waals surface area (Å²) >= 11 is 0. The van der Waals surface area contributed by atoms with Crippen LogP contribution < -0.4 is 4.90 Å². The zero-order valence-electron chi connectivity index (χ0n) is 16.4. The molecule has 0 aliphatic carbocycles. The minimum absolute atomic E-state index is 0.0161. The lowest BCUT2D eigenvalue weighted by atomic mass is 9.92. The van der Waals surface area contributed by atoms with Crippen molar-refractivity contribution < 1.29 is 29.0 Å². The first-order valence-corrected chi connectivity index (χ1v) is 9.29. The molecule has 0 bridgehead atoms. The van der Waals surface area contributed by atoms with Crippen LogP contribution in [-0.2, 0) is 4.74 Å². The Balaban J connectivity index is 1.96. The van der Waals surface area contributed by atoms with Gasteiger partial charge in [0.15, 0.2) is 0 Å². The minimum atomic E-state index is -0.855. The number of esters is 1. The number of nitro benzene ring substituents is 2. The standard InChI is InChI=1S/C21H13N3O8/c1-2-32-21(27)11-4-3-5-13(6-11)22-19(25)16-9-14(23(28)29)7-12-8-15(24(30)31)10-17(18(12)16)20(22)26/h3-10H,2H2,1H3. The SMILES string of the molecule is CCOC(=O)c1cccc(N2C(=O)c3cc([N+](=O)[O-])cc4cc([N+](=O)[O-])cc(c34)C2=O)c1. The van der Waals surface area contributed by atoms with E-state index in [1.807, 2.05) is 0 Å². The number of benzene rings is 3. The van der Waals surface area contributed by atoms with E-state index in [4.69, 9.17) is 4.74 Å². The molecule has 4 rings (SSSR count). The molecule has 0 fully saturated rings.